The van der Waals surface area contributed by atoms with Crippen molar-refractivity contribution in [3.63, 3.8) is 0 Å². The summed E-state index contributed by atoms with van der Waals surface area (Å²) < 4.78 is 20.5. The minimum atomic E-state index is -0.636. The number of hydrogen-bond donors (Lipinski definition) is 4. The highest BCUT2D eigenvalue weighted by atomic mass is 19.1. The van der Waals surface area contributed by atoms with Crippen LogP contribution in [0.5, 0.6) is 0 Å². The Morgan fingerprint density at radius 2 is 1.61 bits per heavy atom. The summed E-state index contributed by atoms with van der Waals surface area (Å²) in [7, 11) is 0. The van der Waals surface area contributed by atoms with Crippen molar-refractivity contribution in [2.24, 2.45) is 0 Å². The molecule has 1 fully saturated rings. The first kappa shape index (κ1) is 40.3. The molecular formula is C42H45FN8O6. The number of fused-ring (bicyclic) bond motifs is 1. The highest BCUT2D eigenvalue weighted by Gasteiger charge is 2.26. The Bertz CT molecular complexity index is 2320. The van der Waals surface area contributed by atoms with Crippen LogP contribution >= 0.6 is 0 Å². The number of nitrogens with zero attached hydrogens (tertiary/aromatic N) is 4. The average Bonchev–Trinajstić information content (AvgIpc) is 3.23. The van der Waals surface area contributed by atoms with Gasteiger partial charge in [0.2, 0.25) is 11.8 Å². The van der Waals surface area contributed by atoms with E-state index in [1.165, 1.54) is 24.0 Å². The second kappa shape index (κ2) is 19.0. The molecule has 2 aromatic heterocycles. The molecule has 1 aliphatic heterocycles. The van der Waals surface area contributed by atoms with Crippen molar-refractivity contribution in [1.82, 2.24) is 35.6 Å². The standard InChI is InChI=1S/C42H45FN8O6/c1-3-28-7-6-8-30(21-28)31-24-37(47-27(2)52)39(46-25-31)41(55)45-14-20-57-19-13-44-26-38(53)50-15-17-51(18-16-50)42(56)34-22-29(11-12-35(34)43)23-36-32-9-4-5-10-33(32)40(54)49-48-36/h4-12,21-22,24-25,44H,3,13-20,23,26H2,1-2H3,(H,45,55)(H,47,52)(H,49,54). The maximum absolute atomic E-state index is 14.9. The number of pyridine rings is 1. The Hall–Kier alpha value is -6.32. The molecule has 0 bridgehead atoms. The predicted molar refractivity (Wildman–Crippen MR) is 213 cm³/mol. The predicted octanol–water partition coefficient (Wildman–Crippen LogP) is 3.56. The van der Waals surface area contributed by atoms with Crippen molar-refractivity contribution in [2.75, 3.05) is 64.3 Å². The maximum Gasteiger partial charge on any atom is 0.272 e. The van der Waals surface area contributed by atoms with E-state index < -0.39 is 17.6 Å². The molecule has 57 heavy (non-hydrogen) atoms. The minimum Gasteiger partial charge on any atom is -0.378 e. The lowest BCUT2D eigenvalue weighted by Gasteiger charge is -2.35. The van der Waals surface area contributed by atoms with Crippen LogP contribution in [0.2, 0.25) is 0 Å². The summed E-state index contributed by atoms with van der Waals surface area (Å²) in [4.78, 5) is 70.8. The van der Waals surface area contributed by atoms with Crippen LogP contribution < -0.4 is 21.5 Å². The molecule has 4 amide bonds. The molecule has 0 radical (unpaired) electrons. The molecule has 6 rings (SSSR count). The van der Waals surface area contributed by atoms with Crippen LogP contribution in [0.15, 0.2) is 83.8 Å². The van der Waals surface area contributed by atoms with E-state index in [-0.39, 0.29) is 61.4 Å². The van der Waals surface area contributed by atoms with Crippen LogP contribution in [-0.2, 0) is 27.2 Å². The van der Waals surface area contributed by atoms with Crippen molar-refractivity contribution in [3.8, 4) is 11.1 Å². The zero-order chi connectivity index (χ0) is 40.3. The summed E-state index contributed by atoms with van der Waals surface area (Å²) in [6.07, 6.45) is 2.78. The van der Waals surface area contributed by atoms with Gasteiger partial charge >= 0.3 is 0 Å². The van der Waals surface area contributed by atoms with E-state index in [0.29, 0.717) is 60.4 Å². The highest BCUT2D eigenvalue weighted by Crippen LogP contribution is 2.26. The number of H-pyrrole nitrogens is 1. The topological polar surface area (TPSA) is 179 Å². The lowest BCUT2D eigenvalue weighted by molar-refractivity contribution is -0.131. The third kappa shape index (κ3) is 10.3. The highest BCUT2D eigenvalue weighted by molar-refractivity contribution is 6.02. The monoisotopic (exact) mass is 776 g/mol. The van der Waals surface area contributed by atoms with Crippen molar-refractivity contribution < 1.29 is 28.3 Å². The van der Waals surface area contributed by atoms with Crippen molar-refractivity contribution in [1.29, 1.82) is 0 Å². The molecule has 5 aromatic rings. The lowest BCUT2D eigenvalue weighted by atomic mass is 10.0. The van der Waals surface area contributed by atoms with Gasteiger partial charge in [-0.25, -0.2) is 14.5 Å². The molecule has 0 saturated carbocycles. The Balaban J connectivity index is 0.897. The summed E-state index contributed by atoms with van der Waals surface area (Å²) >= 11 is 0. The smallest absolute Gasteiger partial charge is 0.272 e. The van der Waals surface area contributed by atoms with Gasteiger partial charge in [-0.2, -0.15) is 5.10 Å². The number of amides is 4. The van der Waals surface area contributed by atoms with Crippen molar-refractivity contribution in [2.45, 2.75) is 26.7 Å². The fraction of sp³-hybridized carbons (Fsp3) is 0.310. The zero-order valence-corrected chi connectivity index (χ0v) is 31.9. The Morgan fingerprint density at radius 3 is 2.39 bits per heavy atom. The van der Waals surface area contributed by atoms with Gasteiger partial charge in [-0.1, -0.05) is 55.5 Å². The lowest BCUT2D eigenvalue weighted by Crippen LogP contribution is -2.52. The fourth-order valence-corrected chi connectivity index (χ4v) is 6.61. The van der Waals surface area contributed by atoms with Gasteiger partial charge in [-0.3, -0.25) is 24.0 Å². The summed E-state index contributed by atoms with van der Waals surface area (Å²) in [6, 6.07) is 21.2. The van der Waals surface area contributed by atoms with Crippen LogP contribution in [0.25, 0.3) is 21.9 Å². The Morgan fingerprint density at radius 1 is 0.860 bits per heavy atom. The third-order valence-corrected chi connectivity index (χ3v) is 9.64. The third-order valence-electron chi connectivity index (χ3n) is 9.64. The second-order valence-corrected chi connectivity index (χ2v) is 13.6. The number of carbonyl (C=O) groups excluding carboxylic acids is 4. The molecule has 0 spiro atoms. The number of rotatable bonds is 15. The number of aryl methyl sites for hydroxylation is 1. The number of halogens is 1. The van der Waals surface area contributed by atoms with Crippen LogP contribution in [0.3, 0.4) is 0 Å². The van der Waals surface area contributed by atoms with E-state index >= 15 is 0 Å². The number of benzene rings is 3. The number of carbonyl (C=O) groups is 4. The number of hydrogen-bond acceptors (Lipinski definition) is 9. The van der Waals surface area contributed by atoms with E-state index in [1.807, 2.05) is 30.3 Å². The summed E-state index contributed by atoms with van der Waals surface area (Å²) in [5.41, 5.74) is 4.20. The molecule has 3 heterocycles. The SMILES string of the molecule is CCc1cccc(-c2cnc(C(=O)NCCOCCNCC(=O)N3CCN(C(=O)c4cc(Cc5n[nH]c(=O)c6ccccc56)ccc4F)CC3)c(NC(C)=O)c2)c1. The molecule has 0 unspecified atom stereocenters. The fourth-order valence-electron chi connectivity index (χ4n) is 6.61. The molecule has 0 atom stereocenters. The Labute approximate surface area is 328 Å². The second-order valence-electron chi connectivity index (χ2n) is 13.6. The van der Waals surface area contributed by atoms with E-state index in [2.05, 4.69) is 38.1 Å². The van der Waals surface area contributed by atoms with E-state index in [0.717, 1.165) is 23.1 Å². The van der Waals surface area contributed by atoms with Gasteiger partial charge in [0.05, 0.1) is 42.1 Å². The first-order valence-electron chi connectivity index (χ1n) is 18.9. The zero-order valence-electron chi connectivity index (χ0n) is 31.9. The first-order chi connectivity index (χ1) is 27.6. The average molecular weight is 777 g/mol. The molecule has 4 N–H and O–H groups in total. The van der Waals surface area contributed by atoms with Gasteiger partial charge in [0.25, 0.3) is 17.4 Å². The van der Waals surface area contributed by atoms with Crippen molar-refractivity contribution in [3.05, 3.63) is 123 Å². The maximum atomic E-state index is 14.9. The number of anilines is 1. The van der Waals surface area contributed by atoms with Gasteiger partial charge in [-0.05, 0) is 47.4 Å². The van der Waals surface area contributed by atoms with E-state index in [1.54, 1.807) is 41.4 Å². The number of aromatic amines is 1. The van der Waals surface area contributed by atoms with Crippen LogP contribution in [0, 0.1) is 5.82 Å². The molecule has 14 nitrogen and oxygen atoms in total. The van der Waals surface area contributed by atoms with Gasteiger partial charge in [0.1, 0.15) is 5.82 Å². The number of ether oxygens (including phenoxy) is 1. The molecular weight excluding hydrogens is 732 g/mol. The van der Waals surface area contributed by atoms with Gasteiger partial charge in [0.15, 0.2) is 5.69 Å². The summed E-state index contributed by atoms with van der Waals surface area (Å²) in [6.45, 7) is 5.78. The Kier molecular flexibility index (Phi) is 13.5. The van der Waals surface area contributed by atoms with Gasteiger partial charge in [-0.15, -0.1) is 0 Å². The molecule has 3 aromatic carbocycles. The van der Waals surface area contributed by atoms with Crippen LogP contribution in [0.1, 0.15) is 51.5 Å². The largest absolute Gasteiger partial charge is 0.378 e. The number of aromatic nitrogens is 3. The summed E-state index contributed by atoms with van der Waals surface area (Å²) in [5, 5.41) is 16.4. The van der Waals surface area contributed by atoms with Crippen LogP contribution in [0.4, 0.5) is 10.1 Å². The van der Waals surface area contributed by atoms with E-state index in [9.17, 15) is 28.4 Å². The normalized spacial score (nSPS) is 12.8. The van der Waals surface area contributed by atoms with E-state index in [4.69, 9.17) is 4.74 Å². The van der Waals surface area contributed by atoms with Gasteiger partial charge < -0.3 is 30.5 Å². The quantitative estimate of drug-likeness (QED) is 0.116. The van der Waals surface area contributed by atoms with Gasteiger partial charge in [0, 0.05) is 69.8 Å². The number of nitrogens with one attached hydrogen (secondary N) is 4. The number of piperazine rings is 1. The summed E-state index contributed by atoms with van der Waals surface area (Å²) in [5.74, 6) is -1.99. The molecule has 0 aliphatic carbocycles. The van der Waals surface area contributed by atoms with Crippen molar-refractivity contribution >= 4 is 40.1 Å². The minimum absolute atomic E-state index is 0.0587. The first-order valence-corrected chi connectivity index (χ1v) is 18.9. The van der Waals surface area contributed by atoms with Crippen LogP contribution in [-0.4, -0.2) is 108 Å². The molecule has 1 aliphatic rings. The molecule has 1 saturated heterocycles. The molecule has 296 valence electrons. The molecule has 15 heteroatoms.